The van der Waals surface area contributed by atoms with Gasteiger partial charge in [0.25, 0.3) is 0 Å². The first-order valence-corrected chi connectivity index (χ1v) is 8.58. The lowest BCUT2D eigenvalue weighted by Gasteiger charge is -2.10. The number of carbonyl (C=O) groups is 1. The number of carbonyl (C=O) groups excluding carboxylic acids is 1. The van der Waals surface area contributed by atoms with Crippen molar-refractivity contribution in [3.8, 4) is 0 Å². The molecule has 2 atom stereocenters. The third kappa shape index (κ3) is 6.54. The second kappa shape index (κ2) is 9.88. The highest BCUT2D eigenvalue weighted by Gasteiger charge is 2.14. The van der Waals surface area contributed by atoms with Gasteiger partial charge < -0.3 is 16.2 Å². The molecule has 0 bridgehead atoms. The van der Waals surface area contributed by atoms with Gasteiger partial charge in [-0.15, -0.1) is 0 Å². The molecule has 0 fully saturated rings. The van der Waals surface area contributed by atoms with E-state index in [1.807, 2.05) is 42.5 Å². The molecule has 1 aliphatic heterocycles. The minimum atomic E-state index is -0.632. The molecule has 5 nitrogen and oxygen atoms in total. The largest absolute Gasteiger partial charge is 0.460 e. The van der Waals surface area contributed by atoms with Crippen molar-refractivity contribution in [2.24, 2.45) is 16.5 Å². The first-order valence-electron chi connectivity index (χ1n) is 8.58. The first kappa shape index (κ1) is 18.2. The van der Waals surface area contributed by atoms with E-state index in [0.717, 1.165) is 43.5 Å². The minimum Gasteiger partial charge on any atom is -0.460 e. The van der Waals surface area contributed by atoms with Crippen molar-refractivity contribution in [1.82, 2.24) is 0 Å². The van der Waals surface area contributed by atoms with Gasteiger partial charge in [-0.1, -0.05) is 48.9 Å². The Balaban J connectivity index is 1.68. The third-order valence-electron chi connectivity index (χ3n) is 4.06. The van der Waals surface area contributed by atoms with Crippen LogP contribution in [0.5, 0.6) is 0 Å². The van der Waals surface area contributed by atoms with Gasteiger partial charge in [0.05, 0.1) is 11.9 Å². The van der Waals surface area contributed by atoms with Crippen LogP contribution in [-0.4, -0.2) is 23.9 Å². The van der Waals surface area contributed by atoms with Crippen molar-refractivity contribution in [3.63, 3.8) is 0 Å². The highest BCUT2D eigenvalue weighted by molar-refractivity contribution is 5.80. The molecule has 2 rings (SSSR count). The summed E-state index contributed by atoms with van der Waals surface area (Å²) in [6.45, 7) is 0.257. The molecule has 0 unspecified atom stereocenters. The van der Waals surface area contributed by atoms with E-state index in [1.54, 1.807) is 0 Å². The van der Waals surface area contributed by atoms with Gasteiger partial charge in [0.1, 0.15) is 12.6 Å². The number of ether oxygens (including phenoxy) is 1. The fraction of sp³-hybridized carbons (Fsp3) is 0.474. The van der Waals surface area contributed by atoms with Gasteiger partial charge in [-0.3, -0.25) is 9.79 Å². The molecule has 1 aromatic rings. The SMILES string of the molecule is NC1=N[C@@H](C/C=C/C[C@H](N)C(=O)OCc2ccccc2)CCCC1. The Hall–Kier alpha value is -2.14. The second-order valence-corrected chi connectivity index (χ2v) is 6.16. The molecule has 130 valence electrons. The van der Waals surface area contributed by atoms with E-state index in [-0.39, 0.29) is 18.6 Å². The minimum absolute atomic E-state index is 0.255. The van der Waals surface area contributed by atoms with E-state index < -0.39 is 6.04 Å². The molecule has 1 aromatic carbocycles. The highest BCUT2D eigenvalue weighted by atomic mass is 16.5. The van der Waals surface area contributed by atoms with Crippen LogP contribution in [0.15, 0.2) is 47.5 Å². The Morgan fingerprint density at radius 2 is 2.08 bits per heavy atom. The van der Waals surface area contributed by atoms with Crippen LogP contribution in [-0.2, 0) is 16.1 Å². The molecule has 0 saturated heterocycles. The summed E-state index contributed by atoms with van der Waals surface area (Å²) >= 11 is 0. The third-order valence-corrected chi connectivity index (χ3v) is 4.06. The maximum atomic E-state index is 11.9. The van der Waals surface area contributed by atoms with E-state index in [1.165, 1.54) is 0 Å². The normalized spacial score (nSPS) is 19.5. The van der Waals surface area contributed by atoms with E-state index >= 15 is 0 Å². The van der Waals surface area contributed by atoms with Crippen molar-refractivity contribution in [2.75, 3.05) is 0 Å². The van der Waals surface area contributed by atoms with Crippen molar-refractivity contribution >= 4 is 11.8 Å². The van der Waals surface area contributed by atoms with Gasteiger partial charge >= 0.3 is 5.97 Å². The molecule has 0 radical (unpaired) electrons. The maximum absolute atomic E-state index is 11.9. The molecule has 0 spiro atoms. The molecular formula is C19H27N3O2. The number of amidine groups is 1. The van der Waals surface area contributed by atoms with E-state index in [9.17, 15) is 4.79 Å². The molecule has 0 aromatic heterocycles. The fourth-order valence-corrected chi connectivity index (χ4v) is 2.65. The standard InChI is InChI=1S/C19H27N3O2/c20-17(19(23)24-14-15-8-2-1-3-9-15)12-6-4-10-16-11-5-7-13-18(21)22-16/h1-4,6,8-9,16-17H,5,7,10-14,20H2,(H2,21,22)/b6-4+/t16-,17-/m0/s1. The summed E-state index contributed by atoms with van der Waals surface area (Å²) in [5.41, 5.74) is 12.7. The van der Waals surface area contributed by atoms with Gasteiger partial charge in [0.15, 0.2) is 0 Å². The summed E-state index contributed by atoms with van der Waals surface area (Å²) < 4.78 is 5.23. The average molecular weight is 329 g/mol. The molecule has 0 saturated carbocycles. The van der Waals surface area contributed by atoms with Crippen molar-refractivity contribution < 1.29 is 9.53 Å². The van der Waals surface area contributed by atoms with Gasteiger partial charge in [0.2, 0.25) is 0 Å². The molecule has 0 aliphatic carbocycles. The molecule has 0 amide bonds. The lowest BCUT2D eigenvalue weighted by molar-refractivity contribution is -0.146. The maximum Gasteiger partial charge on any atom is 0.323 e. The molecule has 5 heteroatoms. The van der Waals surface area contributed by atoms with Crippen LogP contribution in [0.25, 0.3) is 0 Å². The summed E-state index contributed by atoms with van der Waals surface area (Å²) in [4.78, 5) is 16.4. The van der Waals surface area contributed by atoms with Crippen LogP contribution in [0.4, 0.5) is 0 Å². The number of nitrogens with zero attached hydrogens (tertiary/aromatic N) is 1. The predicted octanol–water partition coefficient (Wildman–Crippen LogP) is 2.69. The molecular weight excluding hydrogens is 302 g/mol. The van der Waals surface area contributed by atoms with Crippen LogP contribution in [0.2, 0.25) is 0 Å². The van der Waals surface area contributed by atoms with Crippen LogP contribution < -0.4 is 11.5 Å². The average Bonchev–Trinajstić information content (AvgIpc) is 2.81. The zero-order valence-electron chi connectivity index (χ0n) is 14.1. The van der Waals surface area contributed by atoms with Crippen LogP contribution >= 0.6 is 0 Å². The quantitative estimate of drug-likeness (QED) is 0.594. The summed E-state index contributed by atoms with van der Waals surface area (Å²) in [5.74, 6) is 0.382. The van der Waals surface area contributed by atoms with Crippen LogP contribution in [0.3, 0.4) is 0 Å². The number of hydrogen-bond donors (Lipinski definition) is 2. The molecule has 4 N–H and O–H groups in total. The van der Waals surface area contributed by atoms with Gasteiger partial charge in [-0.2, -0.15) is 0 Å². The number of hydrogen-bond acceptors (Lipinski definition) is 5. The summed E-state index contributed by atoms with van der Waals surface area (Å²) in [6.07, 6.45) is 9.53. The number of nitrogens with two attached hydrogens (primary N) is 2. The smallest absolute Gasteiger partial charge is 0.323 e. The van der Waals surface area contributed by atoms with Crippen molar-refractivity contribution in [2.45, 2.75) is 57.2 Å². The second-order valence-electron chi connectivity index (χ2n) is 6.16. The molecule has 1 heterocycles. The van der Waals surface area contributed by atoms with E-state index in [4.69, 9.17) is 16.2 Å². The lowest BCUT2D eigenvalue weighted by atomic mass is 10.1. The van der Waals surface area contributed by atoms with Crippen LogP contribution in [0, 0.1) is 0 Å². The Morgan fingerprint density at radius 1 is 1.29 bits per heavy atom. The first-order chi connectivity index (χ1) is 11.6. The number of esters is 1. The van der Waals surface area contributed by atoms with Crippen molar-refractivity contribution in [3.05, 3.63) is 48.0 Å². The molecule has 1 aliphatic rings. The lowest BCUT2D eigenvalue weighted by Crippen LogP contribution is -2.31. The van der Waals surface area contributed by atoms with Gasteiger partial charge in [-0.25, -0.2) is 0 Å². The zero-order valence-corrected chi connectivity index (χ0v) is 14.1. The van der Waals surface area contributed by atoms with E-state index in [2.05, 4.69) is 4.99 Å². The van der Waals surface area contributed by atoms with Crippen molar-refractivity contribution in [1.29, 1.82) is 0 Å². The van der Waals surface area contributed by atoms with Crippen LogP contribution in [0.1, 0.15) is 44.1 Å². The topological polar surface area (TPSA) is 90.7 Å². The summed E-state index contributed by atoms with van der Waals surface area (Å²) in [5, 5.41) is 0. The number of benzene rings is 1. The Bertz CT molecular complexity index is 569. The highest BCUT2D eigenvalue weighted by Crippen LogP contribution is 2.15. The van der Waals surface area contributed by atoms with Gasteiger partial charge in [0, 0.05) is 6.42 Å². The number of rotatable bonds is 7. The zero-order chi connectivity index (χ0) is 17.2. The fourth-order valence-electron chi connectivity index (χ4n) is 2.65. The Morgan fingerprint density at radius 3 is 2.88 bits per heavy atom. The summed E-state index contributed by atoms with van der Waals surface area (Å²) in [6, 6.07) is 9.20. The monoisotopic (exact) mass is 329 g/mol. The summed E-state index contributed by atoms with van der Waals surface area (Å²) in [7, 11) is 0. The Labute approximate surface area is 143 Å². The number of aliphatic imine (C=N–C) groups is 1. The molecule has 24 heavy (non-hydrogen) atoms. The van der Waals surface area contributed by atoms with Gasteiger partial charge in [-0.05, 0) is 31.2 Å². The Kier molecular flexibility index (Phi) is 7.49. The van der Waals surface area contributed by atoms with E-state index in [0.29, 0.717) is 6.42 Å². The predicted molar refractivity (Wildman–Crippen MR) is 96.5 cm³/mol.